The molecule has 0 saturated heterocycles. The first-order valence-corrected chi connectivity index (χ1v) is 6.77. The van der Waals surface area contributed by atoms with E-state index in [2.05, 4.69) is 54.1 Å². The van der Waals surface area contributed by atoms with E-state index < -0.39 is 0 Å². The van der Waals surface area contributed by atoms with Crippen molar-refractivity contribution in [3.63, 3.8) is 0 Å². The van der Waals surface area contributed by atoms with Gasteiger partial charge in [-0.05, 0) is 31.7 Å². The highest BCUT2D eigenvalue weighted by Crippen LogP contribution is 2.26. The topological polar surface area (TPSA) is 41.6 Å². The third-order valence-corrected chi connectivity index (χ3v) is 3.75. The third kappa shape index (κ3) is 2.66. The number of aryl methyl sites for hydroxylation is 1. The van der Waals surface area contributed by atoms with Crippen LogP contribution in [0.1, 0.15) is 32.3 Å². The van der Waals surface area contributed by atoms with Gasteiger partial charge in [-0.3, -0.25) is 4.99 Å². The van der Waals surface area contributed by atoms with Crippen molar-refractivity contribution in [2.75, 3.05) is 13.1 Å². The fraction of sp³-hybridized carbons (Fsp3) is 0.533. The minimum Gasteiger partial charge on any atom is -0.370 e. The highest BCUT2D eigenvalue weighted by Gasteiger charge is 2.36. The first-order chi connectivity index (χ1) is 8.65. The van der Waals surface area contributed by atoms with E-state index in [0.717, 1.165) is 32.4 Å². The second-order valence-corrected chi connectivity index (χ2v) is 5.31. The van der Waals surface area contributed by atoms with E-state index >= 15 is 0 Å². The molecule has 0 spiro atoms. The molecular weight excluding hydrogens is 222 g/mol. The fourth-order valence-corrected chi connectivity index (χ4v) is 2.58. The van der Waals surface area contributed by atoms with Crippen LogP contribution in [0.2, 0.25) is 0 Å². The number of guanidine groups is 1. The Kier molecular flexibility index (Phi) is 3.90. The molecule has 3 nitrogen and oxygen atoms in total. The molecule has 3 heteroatoms. The van der Waals surface area contributed by atoms with E-state index in [1.165, 1.54) is 5.56 Å². The number of rotatable bonds is 5. The van der Waals surface area contributed by atoms with Crippen LogP contribution in [0.4, 0.5) is 0 Å². The van der Waals surface area contributed by atoms with E-state index in [4.69, 9.17) is 5.73 Å². The molecule has 0 bridgehead atoms. The molecule has 18 heavy (non-hydrogen) atoms. The van der Waals surface area contributed by atoms with Crippen molar-refractivity contribution in [3.8, 4) is 0 Å². The highest BCUT2D eigenvalue weighted by atomic mass is 15.3. The smallest absolute Gasteiger partial charge is 0.191 e. The number of hydrogen-bond acceptors (Lipinski definition) is 3. The molecule has 1 aromatic rings. The Bertz CT molecular complexity index is 413. The molecular formula is C15H23N3. The summed E-state index contributed by atoms with van der Waals surface area (Å²) in [6.07, 6.45) is 3.29. The predicted molar refractivity (Wildman–Crippen MR) is 76.7 cm³/mol. The van der Waals surface area contributed by atoms with Crippen LogP contribution in [0.5, 0.6) is 0 Å². The Hall–Kier alpha value is -1.51. The van der Waals surface area contributed by atoms with Crippen LogP contribution in [-0.4, -0.2) is 29.5 Å². The SMILES string of the molecule is CCCN1C(N)=NCC1(C)CCc1ccccc1. The van der Waals surface area contributed by atoms with Crippen LogP contribution < -0.4 is 5.73 Å². The average molecular weight is 245 g/mol. The molecule has 1 aliphatic rings. The number of aliphatic imine (C=N–C) groups is 1. The van der Waals surface area contributed by atoms with Crippen molar-refractivity contribution in [2.45, 2.75) is 38.6 Å². The molecule has 98 valence electrons. The molecule has 0 amide bonds. The van der Waals surface area contributed by atoms with Gasteiger partial charge in [0, 0.05) is 6.54 Å². The minimum atomic E-state index is 0.0932. The van der Waals surface area contributed by atoms with Gasteiger partial charge >= 0.3 is 0 Å². The molecule has 0 saturated carbocycles. The summed E-state index contributed by atoms with van der Waals surface area (Å²) in [6.45, 7) is 6.28. The Morgan fingerprint density at radius 2 is 2.06 bits per heavy atom. The fourth-order valence-electron chi connectivity index (χ4n) is 2.58. The van der Waals surface area contributed by atoms with Crippen LogP contribution >= 0.6 is 0 Å². The van der Waals surface area contributed by atoms with Crippen molar-refractivity contribution < 1.29 is 0 Å². The number of nitrogens with zero attached hydrogens (tertiary/aromatic N) is 2. The van der Waals surface area contributed by atoms with Crippen LogP contribution in [0.15, 0.2) is 35.3 Å². The maximum atomic E-state index is 5.99. The van der Waals surface area contributed by atoms with Crippen LogP contribution in [-0.2, 0) is 6.42 Å². The lowest BCUT2D eigenvalue weighted by Crippen LogP contribution is -2.50. The molecule has 1 heterocycles. The second kappa shape index (κ2) is 5.42. The van der Waals surface area contributed by atoms with Gasteiger partial charge in [0.2, 0.25) is 0 Å². The van der Waals surface area contributed by atoms with E-state index in [1.807, 2.05) is 0 Å². The van der Waals surface area contributed by atoms with Gasteiger partial charge in [0.15, 0.2) is 5.96 Å². The van der Waals surface area contributed by atoms with Crippen LogP contribution in [0.25, 0.3) is 0 Å². The van der Waals surface area contributed by atoms with E-state index in [9.17, 15) is 0 Å². The Morgan fingerprint density at radius 3 is 2.72 bits per heavy atom. The van der Waals surface area contributed by atoms with Crippen molar-refractivity contribution in [1.82, 2.24) is 4.90 Å². The van der Waals surface area contributed by atoms with Crippen molar-refractivity contribution >= 4 is 5.96 Å². The summed E-state index contributed by atoms with van der Waals surface area (Å²) in [7, 11) is 0. The monoisotopic (exact) mass is 245 g/mol. The lowest BCUT2D eigenvalue weighted by atomic mass is 9.92. The normalized spacial score (nSPS) is 23.2. The summed E-state index contributed by atoms with van der Waals surface area (Å²) in [5.41, 5.74) is 7.47. The zero-order valence-electron chi connectivity index (χ0n) is 11.4. The largest absolute Gasteiger partial charge is 0.370 e. The zero-order valence-corrected chi connectivity index (χ0v) is 11.4. The summed E-state index contributed by atoms with van der Waals surface area (Å²) in [5.74, 6) is 0.715. The molecule has 1 atom stereocenters. The molecule has 0 radical (unpaired) electrons. The van der Waals surface area contributed by atoms with Gasteiger partial charge < -0.3 is 10.6 Å². The van der Waals surface area contributed by atoms with Gasteiger partial charge in [0.1, 0.15) is 0 Å². The van der Waals surface area contributed by atoms with Crippen molar-refractivity contribution in [3.05, 3.63) is 35.9 Å². The first kappa shape index (κ1) is 12.9. The van der Waals surface area contributed by atoms with Gasteiger partial charge in [-0.2, -0.15) is 0 Å². The standard InChI is InChI=1S/C15H23N3/c1-3-11-18-14(16)17-12-15(18,2)10-9-13-7-5-4-6-8-13/h4-8H,3,9-12H2,1-2H3,(H2,16,17). The summed E-state index contributed by atoms with van der Waals surface area (Å²) in [6, 6.07) is 10.6. The maximum absolute atomic E-state index is 5.99. The molecule has 1 aromatic carbocycles. The summed E-state index contributed by atoms with van der Waals surface area (Å²) >= 11 is 0. The number of benzene rings is 1. The second-order valence-electron chi connectivity index (χ2n) is 5.31. The lowest BCUT2D eigenvalue weighted by Gasteiger charge is -2.36. The molecule has 2 N–H and O–H groups in total. The van der Waals surface area contributed by atoms with Gasteiger partial charge in [-0.1, -0.05) is 37.3 Å². The zero-order chi connectivity index (χ0) is 13.0. The van der Waals surface area contributed by atoms with E-state index in [1.54, 1.807) is 0 Å². The highest BCUT2D eigenvalue weighted by molar-refractivity contribution is 5.80. The summed E-state index contributed by atoms with van der Waals surface area (Å²) in [5, 5.41) is 0. The van der Waals surface area contributed by atoms with Crippen molar-refractivity contribution in [1.29, 1.82) is 0 Å². The Labute approximate surface area is 110 Å². The first-order valence-electron chi connectivity index (χ1n) is 6.77. The minimum absolute atomic E-state index is 0.0932. The average Bonchev–Trinajstić information content (AvgIpc) is 2.67. The van der Waals surface area contributed by atoms with Gasteiger partial charge in [-0.25, -0.2) is 0 Å². The molecule has 2 rings (SSSR count). The molecule has 0 aromatic heterocycles. The summed E-state index contributed by atoms with van der Waals surface area (Å²) < 4.78 is 0. The van der Waals surface area contributed by atoms with E-state index in [-0.39, 0.29) is 5.54 Å². The van der Waals surface area contributed by atoms with Gasteiger partial charge in [0.05, 0.1) is 12.1 Å². The molecule has 1 aliphatic heterocycles. The molecule has 0 fully saturated rings. The summed E-state index contributed by atoms with van der Waals surface area (Å²) in [4.78, 5) is 6.70. The van der Waals surface area contributed by atoms with Gasteiger partial charge in [-0.15, -0.1) is 0 Å². The quantitative estimate of drug-likeness (QED) is 0.865. The van der Waals surface area contributed by atoms with Gasteiger partial charge in [0.25, 0.3) is 0 Å². The Balaban J connectivity index is 1.99. The third-order valence-electron chi connectivity index (χ3n) is 3.75. The molecule has 0 aliphatic carbocycles. The lowest BCUT2D eigenvalue weighted by molar-refractivity contribution is 0.208. The van der Waals surface area contributed by atoms with Crippen LogP contribution in [0.3, 0.4) is 0 Å². The van der Waals surface area contributed by atoms with Crippen molar-refractivity contribution in [2.24, 2.45) is 10.7 Å². The number of nitrogens with two attached hydrogens (primary N) is 1. The van der Waals surface area contributed by atoms with E-state index in [0.29, 0.717) is 5.96 Å². The molecule has 1 unspecified atom stereocenters. The maximum Gasteiger partial charge on any atom is 0.191 e. The predicted octanol–water partition coefficient (Wildman–Crippen LogP) is 2.42. The Morgan fingerprint density at radius 1 is 1.33 bits per heavy atom. The number of hydrogen-bond donors (Lipinski definition) is 1. The van der Waals surface area contributed by atoms with Crippen LogP contribution in [0, 0.1) is 0 Å².